The van der Waals surface area contributed by atoms with Crippen LogP contribution in [0.15, 0.2) is 0 Å². The number of esters is 1. The molecule has 1 atom stereocenters. The number of rotatable bonds is 14. The normalized spacial score (nSPS) is 12.3. The molecule has 0 radical (unpaired) electrons. The number of hydrogen-bond acceptors (Lipinski definition) is 4. The van der Waals surface area contributed by atoms with Gasteiger partial charge < -0.3 is 14.9 Å². The minimum absolute atomic E-state index is 0.105. The van der Waals surface area contributed by atoms with Gasteiger partial charge >= 0.3 is 5.97 Å². The molecule has 4 nitrogen and oxygen atoms in total. The van der Waals surface area contributed by atoms with Gasteiger partial charge in [0.15, 0.2) is 0 Å². The second-order valence-electron chi connectivity index (χ2n) is 5.40. The van der Waals surface area contributed by atoms with Crippen LogP contribution in [-0.2, 0) is 9.53 Å². The Labute approximate surface area is 123 Å². The van der Waals surface area contributed by atoms with Crippen LogP contribution in [0.4, 0.5) is 0 Å². The molecule has 0 saturated carbocycles. The molecular weight excluding hydrogens is 256 g/mol. The van der Waals surface area contributed by atoms with E-state index in [0.717, 1.165) is 51.4 Å². The SMILES string of the molecule is CCCCCC(O)CCCCCCCC(=O)OCCO. The number of aliphatic hydroxyl groups excluding tert-OH is 2. The Morgan fingerprint density at radius 2 is 1.60 bits per heavy atom. The Hall–Kier alpha value is -0.610. The molecule has 0 aromatic rings. The minimum atomic E-state index is -0.217. The Morgan fingerprint density at radius 1 is 1.00 bits per heavy atom. The first-order valence-electron chi connectivity index (χ1n) is 8.15. The van der Waals surface area contributed by atoms with Gasteiger partial charge in [-0.2, -0.15) is 0 Å². The quantitative estimate of drug-likeness (QED) is 0.380. The van der Waals surface area contributed by atoms with Crippen molar-refractivity contribution in [1.82, 2.24) is 0 Å². The zero-order valence-electron chi connectivity index (χ0n) is 13.0. The van der Waals surface area contributed by atoms with E-state index in [0.29, 0.717) is 6.42 Å². The highest BCUT2D eigenvalue weighted by Crippen LogP contribution is 2.12. The second-order valence-corrected chi connectivity index (χ2v) is 5.40. The molecule has 120 valence electrons. The van der Waals surface area contributed by atoms with Crippen molar-refractivity contribution in [3.05, 3.63) is 0 Å². The fourth-order valence-corrected chi connectivity index (χ4v) is 2.19. The summed E-state index contributed by atoms with van der Waals surface area (Å²) in [6.07, 6.45) is 10.9. The van der Waals surface area contributed by atoms with E-state index < -0.39 is 0 Å². The van der Waals surface area contributed by atoms with E-state index in [1.165, 1.54) is 12.8 Å². The van der Waals surface area contributed by atoms with E-state index in [-0.39, 0.29) is 25.3 Å². The van der Waals surface area contributed by atoms with Gasteiger partial charge in [-0.3, -0.25) is 4.79 Å². The van der Waals surface area contributed by atoms with Crippen LogP contribution in [-0.4, -0.2) is 35.5 Å². The standard InChI is InChI=1S/C16H32O4/c1-2-3-7-10-15(18)11-8-5-4-6-9-12-16(19)20-14-13-17/h15,17-18H,2-14H2,1H3. The first kappa shape index (κ1) is 19.4. The molecule has 20 heavy (non-hydrogen) atoms. The summed E-state index contributed by atoms with van der Waals surface area (Å²) in [7, 11) is 0. The first-order valence-corrected chi connectivity index (χ1v) is 8.15. The lowest BCUT2D eigenvalue weighted by Crippen LogP contribution is -2.08. The lowest BCUT2D eigenvalue weighted by atomic mass is 10.0. The number of aliphatic hydroxyl groups is 2. The van der Waals surface area contributed by atoms with Crippen LogP contribution in [0.5, 0.6) is 0 Å². The predicted molar refractivity (Wildman–Crippen MR) is 80.5 cm³/mol. The van der Waals surface area contributed by atoms with Crippen molar-refractivity contribution < 1.29 is 19.7 Å². The summed E-state index contributed by atoms with van der Waals surface area (Å²) in [4.78, 5) is 11.1. The van der Waals surface area contributed by atoms with E-state index in [4.69, 9.17) is 9.84 Å². The number of hydrogen-bond donors (Lipinski definition) is 2. The first-order chi connectivity index (χ1) is 9.70. The van der Waals surface area contributed by atoms with E-state index in [1.807, 2.05) is 0 Å². The highest BCUT2D eigenvalue weighted by molar-refractivity contribution is 5.69. The van der Waals surface area contributed by atoms with E-state index >= 15 is 0 Å². The highest BCUT2D eigenvalue weighted by Gasteiger charge is 2.04. The number of carbonyl (C=O) groups is 1. The molecule has 0 amide bonds. The zero-order chi connectivity index (χ0) is 15.1. The van der Waals surface area contributed by atoms with Crippen molar-refractivity contribution in [3.8, 4) is 0 Å². The van der Waals surface area contributed by atoms with Crippen LogP contribution < -0.4 is 0 Å². The third kappa shape index (κ3) is 13.8. The van der Waals surface area contributed by atoms with Gasteiger partial charge in [0, 0.05) is 6.42 Å². The Bertz CT molecular complexity index is 219. The molecule has 0 aliphatic carbocycles. The topological polar surface area (TPSA) is 66.8 Å². The molecule has 0 spiro atoms. The molecule has 0 heterocycles. The summed E-state index contributed by atoms with van der Waals surface area (Å²) in [5.41, 5.74) is 0. The molecule has 0 aromatic heterocycles. The third-order valence-electron chi connectivity index (χ3n) is 3.41. The fourth-order valence-electron chi connectivity index (χ4n) is 2.19. The van der Waals surface area contributed by atoms with Crippen LogP contribution in [0, 0.1) is 0 Å². The van der Waals surface area contributed by atoms with Crippen molar-refractivity contribution in [2.45, 2.75) is 83.7 Å². The van der Waals surface area contributed by atoms with Crippen molar-refractivity contribution in [2.24, 2.45) is 0 Å². The fraction of sp³-hybridized carbons (Fsp3) is 0.938. The summed E-state index contributed by atoms with van der Waals surface area (Å²) in [5, 5.41) is 18.3. The Kier molecular flexibility index (Phi) is 14.3. The van der Waals surface area contributed by atoms with Gasteiger partial charge in [0.05, 0.1) is 12.7 Å². The van der Waals surface area contributed by atoms with Crippen molar-refractivity contribution >= 4 is 5.97 Å². The zero-order valence-corrected chi connectivity index (χ0v) is 13.0. The molecule has 0 rings (SSSR count). The summed E-state index contributed by atoms with van der Waals surface area (Å²) >= 11 is 0. The van der Waals surface area contributed by atoms with Gasteiger partial charge in [0.25, 0.3) is 0 Å². The summed E-state index contributed by atoms with van der Waals surface area (Å²) < 4.78 is 4.78. The Morgan fingerprint density at radius 3 is 2.25 bits per heavy atom. The molecular formula is C16H32O4. The molecule has 0 bridgehead atoms. The van der Waals surface area contributed by atoms with E-state index in [9.17, 15) is 9.90 Å². The summed E-state index contributed by atoms with van der Waals surface area (Å²) in [6, 6.07) is 0. The van der Waals surface area contributed by atoms with Gasteiger partial charge in [-0.05, 0) is 19.3 Å². The van der Waals surface area contributed by atoms with Crippen molar-refractivity contribution in [3.63, 3.8) is 0 Å². The van der Waals surface area contributed by atoms with Crippen molar-refractivity contribution in [1.29, 1.82) is 0 Å². The van der Waals surface area contributed by atoms with Crippen LogP contribution in [0.2, 0.25) is 0 Å². The van der Waals surface area contributed by atoms with E-state index in [1.54, 1.807) is 0 Å². The van der Waals surface area contributed by atoms with Gasteiger partial charge in [0.2, 0.25) is 0 Å². The van der Waals surface area contributed by atoms with Gasteiger partial charge in [-0.15, -0.1) is 0 Å². The van der Waals surface area contributed by atoms with Gasteiger partial charge in [-0.25, -0.2) is 0 Å². The maximum absolute atomic E-state index is 11.1. The van der Waals surface area contributed by atoms with Crippen LogP contribution in [0.3, 0.4) is 0 Å². The minimum Gasteiger partial charge on any atom is -0.463 e. The van der Waals surface area contributed by atoms with Crippen molar-refractivity contribution in [2.75, 3.05) is 13.2 Å². The number of unbranched alkanes of at least 4 members (excludes halogenated alkanes) is 6. The van der Waals surface area contributed by atoms with E-state index in [2.05, 4.69) is 6.92 Å². The van der Waals surface area contributed by atoms with Crippen LogP contribution in [0.25, 0.3) is 0 Å². The lowest BCUT2D eigenvalue weighted by Gasteiger charge is -2.09. The molecule has 0 saturated heterocycles. The molecule has 4 heteroatoms. The average Bonchev–Trinajstić information content (AvgIpc) is 2.44. The molecule has 0 aliphatic rings. The molecule has 0 fully saturated rings. The van der Waals surface area contributed by atoms with Gasteiger partial charge in [-0.1, -0.05) is 51.9 Å². The average molecular weight is 288 g/mol. The summed E-state index contributed by atoms with van der Waals surface area (Å²) in [6.45, 7) is 2.17. The molecule has 1 unspecified atom stereocenters. The largest absolute Gasteiger partial charge is 0.463 e. The summed E-state index contributed by atoms with van der Waals surface area (Å²) in [5.74, 6) is -0.217. The maximum Gasteiger partial charge on any atom is 0.305 e. The maximum atomic E-state index is 11.1. The smallest absolute Gasteiger partial charge is 0.305 e. The lowest BCUT2D eigenvalue weighted by molar-refractivity contribution is -0.144. The highest BCUT2D eigenvalue weighted by atomic mass is 16.5. The number of ether oxygens (including phenoxy) is 1. The van der Waals surface area contributed by atoms with Gasteiger partial charge in [0.1, 0.15) is 6.61 Å². The molecule has 0 aliphatic heterocycles. The van der Waals surface area contributed by atoms with Crippen LogP contribution >= 0.6 is 0 Å². The second kappa shape index (κ2) is 14.8. The molecule has 2 N–H and O–H groups in total. The van der Waals surface area contributed by atoms with Crippen LogP contribution in [0.1, 0.15) is 77.6 Å². The number of carbonyl (C=O) groups excluding carboxylic acids is 1. The predicted octanol–water partition coefficient (Wildman–Crippen LogP) is 3.19. The Balaban J connectivity index is 3.21. The monoisotopic (exact) mass is 288 g/mol. The molecule has 0 aromatic carbocycles. The third-order valence-corrected chi connectivity index (χ3v) is 3.41.